The fraction of sp³-hybridized carbons (Fsp3) is 0.474. The second-order valence-electron chi connectivity index (χ2n) is 6.66. The third-order valence-electron chi connectivity index (χ3n) is 4.63. The van der Waals surface area contributed by atoms with Gasteiger partial charge in [-0.2, -0.15) is 0 Å². The molecule has 2 aromatic heterocycles. The number of aromatic nitrogens is 2. The molecule has 1 saturated heterocycles. The summed E-state index contributed by atoms with van der Waals surface area (Å²) in [6, 6.07) is 9.04. The van der Waals surface area contributed by atoms with E-state index < -0.39 is 0 Å². The van der Waals surface area contributed by atoms with Crippen molar-refractivity contribution < 1.29 is 0 Å². The van der Waals surface area contributed by atoms with Crippen molar-refractivity contribution in [1.82, 2.24) is 19.8 Å². The van der Waals surface area contributed by atoms with E-state index in [1.807, 2.05) is 18.3 Å². The molecule has 128 valence electrons. The van der Waals surface area contributed by atoms with E-state index in [-0.39, 0.29) is 12.1 Å². The minimum absolute atomic E-state index is 0.0959. The second kappa shape index (κ2) is 7.34. The van der Waals surface area contributed by atoms with Crippen molar-refractivity contribution in [2.75, 3.05) is 6.54 Å². The highest BCUT2D eigenvalue weighted by Gasteiger charge is 2.39. The lowest BCUT2D eigenvalue weighted by Crippen LogP contribution is -2.30. The summed E-state index contributed by atoms with van der Waals surface area (Å²) in [5.74, 6) is 0. The first-order valence-corrected chi connectivity index (χ1v) is 9.18. The first-order valence-electron chi connectivity index (χ1n) is 8.77. The summed E-state index contributed by atoms with van der Waals surface area (Å²) in [5.41, 5.74) is 2.34. The third-order valence-corrected chi connectivity index (χ3v) is 4.98. The molecule has 2 atom stereocenters. The first kappa shape index (κ1) is 17.0. The molecule has 0 radical (unpaired) electrons. The number of unbranched alkanes of at least 4 members (excludes halogenated alkanes) is 1. The van der Waals surface area contributed by atoms with Crippen LogP contribution in [-0.2, 0) is 0 Å². The summed E-state index contributed by atoms with van der Waals surface area (Å²) in [6.45, 7) is 7.59. The Morgan fingerprint density at radius 2 is 2.12 bits per heavy atom. The summed E-state index contributed by atoms with van der Waals surface area (Å²) in [7, 11) is 0. The second-order valence-corrected chi connectivity index (χ2v) is 7.05. The van der Waals surface area contributed by atoms with Gasteiger partial charge in [-0.1, -0.05) is 19.4 Å². The summed E-state index contributed by atoms with van der Waals surface area (Å²) >= 11 is 5.65. The van der Waals surface area contributed by atoms with Gasteiger partial charge in [0.1, 0.15) is 0 Å². The highest BCUT2D eigenvalue weighted by Crippen LogP contribution is 2.38. The van der Waals surface area contributed by atoms with E-state index >= 15 is 0 Å². The highest BCUT2D eigenvalue weighted by molar-refractivity contribution is 7.80. The van der Waals surface area contributed by atoms with E-state index in [0.717, 1.165) is 30.2 Å². The zero-order valence-corrected chi connectivity index (χ0v) is 15.5. The molecule has 24 heavy (non-hydrogen) atoms. The molecule has 0 aromatic carbocycles. The molecule has 2 aromatic rings. The molecule has 0 unspecified atom stereocenters. The molecule has 3 heterocycles. The van der Waals surface area contributed by atoms with Crippen LogP contribution in [0.1, 0.15) is 63.0 Å². The van der Waals surface area contributed by atoms with Crippen LogP contribution in [0.15, 0.2) is 42.9 Å². The van der Waals surface area contributed by atoms with Gasteiger partial charge in [0.15, 0.2) is 5.11 Å². The fourth-order valence-corrected chi connectivity index (χ4v) is 3.60. The van der Waals surface area contributed by atoms with Gasteiger partial charge in [0, 0.05) is 31.2 Å². The van der Waals surface area contributed by atoms with E-state index in [2.05, 4.69) is 65.1 Å². The van der Waals surface area contributed by atoms with E-state index in [1.54, 1.807) is 0 Å². The van der Waals surface area contributed by atoms with Gasteiger partial charge in [-0.15, -0.1) is 0 Å². The molecule has 3 rings (SSSR count). The van der Waals surface area contributed by atoms with Gasteiger partial charge in [-0.05, 0) is 56.2 Å². The number of rotatable bonds is 6. The molecule has 4 nitrogen and oxygen atoms in total. The minimum Gasteiger partial charge on any atom is -0.352 e. The summed E-state index contributed by atoms with van der Waals surface area (Å²) in [4.78, 5) is 6.90. The Labute approximate surface area is 149 Å². The van der Waals surface area contributed by atoms with Crippen LogP contribution < -0.4 is 5.32 Å². The number of nitrogens with zero attached hydrogens (tertiary/aromatic N) is 3. The maximum atomic E-state index is 5.65. The average molecular weight is 343 g/mol. The molecule has 0 bridgehead atoms. The maximum absolute atomic E-state index is 5.65. The number of pyridine rings is 1. The molecule has 1 fully saturated rings. The molecule has 0 saturated carbocycles. The fourth-order valence-electron chi connectivity index (χ4n) is 3.26. The molecule has 1 aliphatic rings. The summed E-state index contributed by atoms with van der Waals surface area (Å²) in [6.07, 6.45) is 8.56. The topological polar surface area (TPSA) is 33.1 Å². The van der Waals surface area contributed by atoms with Crippen molar-refractivity contribution >= 4 is 17.3 Å². The number of thiocarbonyl (C=S) groups is 1. The third kappa shape index (κ3) is 3.31. The molecule has 5 heteroatoms. The van der Waals surface area contributed by atoms with Gasteiger partial charge in [0.2, 0.25) is 0 Å². The smallest absolute Gasteiger partial charge is 0.170 e. The SMILES string of the molecule is CCCCN1C(=S)N[C@H](c2ccccn2)[C@H]1c1ccn(C(C)C)c1. The van der Waals surface area contributed by atoms with Crippen LogP contribution in [0.5, 0.6) is 0 Å². The van der Waals surface area contributed by atoms with Crippen molar-refractivity contribution in [2.45, 2.75) is 51.7 Å². The van der Waals surface area contributed by atoms with Crippen LogP contribution in [0.2, 0.25) is 0 Å². The minimum atomic E-state index is 0.0959. The molecular formula is C19H26N4S. The van der Waals surface area contributed by atoms with Gasteiger partial charge in [-0.25, -0.2) is 0 Å². The van der Waals surface area contributed by atoms with Crippen LogP contribution in [0.4, 0.5) is 0 Å². The lowest BCUT2D eigenvalue weighted by Gasteiger charge is -2.27. The van der Waals surface area contributed by atoms with E-state index in [4.69, 9.17) is 12.2 Å². The highest BCUT2D eigenvalue weighted by atomic mass is 32.1. The molecule has 1 N–H and O–H groups in total. The molecule has 1 aliphatic heterocycles. The Balaban J connectivity index is 1.96. The zero-order valence-electron chi connectivity index (χ0n) is 14.6. The Hall–Kier alpha value is -1.88. The van der Waals surface area contributed by atoms with Gasteiger partial charge >= 0.3 is 0 Å². The van der Waals surface area contributed by atoms with Crippen molar-refractivity contribution in [2.24, 2.45) is 0 Å². The van der Waals surface area contributed by atoms with E-state index in [1.165, 1.54) is 5.56 Å². The van der Waals surface area contributed by atoms with Crippen molar-refractivity contribution in [1.29, 1.82) is 0 Å². The van der Waals surface area contributed by atoms with E-state index in [9.17, 15) is 0 Å². The Morgan fingerprint density at radius 1 is 1.29 bits per heavy atom. The van der Waals surface area contributed by atoms with Crippen LogP contribution in [0, 0.1) is 0 Å². The van der Waals surface area contributed by atoms with Gasteiger partial charge in [0.25, 0.3) is 0 Å². The quantitative estimate of drug-likeness (QED) is 0.796. The Morgan fingerprint density at radius 3 is 2.75 bits per heavy atom. The molecule has 0 aliphatic carbocycles. The van der Waals surface area contributed by atoms with Crippen LogP contribution in [0.25, 0.3) is 0 Å². The first-order chi connectivity index (χ1) is 11.6. The van der Waals surface area contributed by atoms with Gasteiger partial charge < -0.3 is 14.8 Å². The summed E-state index contributed by atoms with van der Waals surface area (Å²) in [5, 5.41) is 4.34. The molecule has 0 amide bonds. The van der Waals surface area contributed by atoms with E-state index in [0.29, 0.717) is 6.04 Å². The Bertz CT molecular complexity index is 680. The van der Waals surface area contributed by atoms with Crippen molar-refractivity contribution in [3.63, 3.8) is 0 Å². The normalized spacial score (nSPS) is 20.7. The molecule has 0 spiro atoms. The van der Waals surface area contributed by atoms with Gasteiger partial charge in [-0.3, -0.25) is 4.98 Å². The number of nitrogens with one attached hydrogen (secondary N) is 1. The standard InChI is InChI=1S/C19H26N4S/c1-4-5-11-23-18(15-9-12-22(13-15)14(2)3)17(21-19(23)24)16-8-6-7-10-20-16/h6-10,12-14,17-18H,4-5,11H2,1-3H3,(H,21,24)/t17-,18-/m1/s1. The zero-order chi connectivity index (χ0) is 17.1. The van der Waals surface area contributed by atoms with Gasteiger partial charge in [0.05, 0.1) is 17.8 Å². The number of hydrogen-bond acceptors (Lipinski definition) is 2. The van der Waals surface area contributed by atoms with Crippen molar-refractivity contribution in [3.8, 4) is 0 Å². The summed E-state index contributed by atoms with van der Waals surface area (Å²) < 4.78 is 2.25. The lowest BCUT2D eigenvalue weighted by atomic mass is 9.99. The average Bonchev–Trinajstić information content (AvgIpc) is 3.18. The van der Waals surface area contributed by atoms with Crippen LogP contribution >= 0.6 is 12.2 Å². The lowest BCUT2D eigenvalue weighted by molar-refractivity contribution is 0.312. The number of hydrogen-bond donors (Lipinski definition) is 1. The molecular weight excluding hydrogens is 316 g/mol. The largest absolute Gasteiger partial charge is 0.352 e. The maximum Gasteiger partial charge on any atom is 0.170 e. The van der Waals surface area contributed by atoms with Crippen LogP contribution in [0.3, 0.4) is 0 Å². The predicted octanol–water partition coefficient (Wildman–Crippen LogP) is 4.24. The Kier molecular flexibility index (Phi) is 5.19. The predicted molar refractivity (Wildman–Crippen MR) is 102 cm³/mol. The van der Waals surface area contributed by atoms with Crippen molar-refractivity contribution in [3.05, 3.63) is 54.1 Å². The monoisotopic (exact) mass is 342 g/mol. The van der Waals surface area contributed by atoms with Crippen LogP contribution in [-0.4, -0.2) is 26.1 Å².